The molecule has 0 radical (unpaired) electrons. The average molecular weight is 263 g/mol. The summed E-state index contributed by atoms with van der Waals surface area (Å²) >= 11 is 0. The zero-order valence-corrected chi connectivity index (χ0v) is 9.37. The number of methoxy groups -OCH3 is 1. The zero-order valence-electron chi connectivity index (χ0n) is 9.37. The molecule has 0 unspecified atom stereocenters. The van der Waals surface area contributed by atoms with Crippen LogP contribution < -0.4 is 4.74 Å². The smallest absolute Gasteiger partial charge is 0.423 e. The highest BCUT2D eigenvalue weighted by molar-refractivity contribution is 5.97. The number of nitro groups is 1. The Morgan fingerprint density at radius 3 is 2.28 bits per heavy atom. The second kappa shape index (κ2) is 4.63. The molecular weight excluding hydrogens is 255 g/mol. The van der Waals surface area contributed by atoms with E-state index < -0.39 is 28.1 Å². The van der Waals surface area contributed by atoms with Crippen LogP contribution in [-0.4, -0.2) is 17.8 Å². The van der Waals surface area contributed by atoms with E-state index >= 15 is 0 Å². The van der Waals surface area contributed by atoms with E-state index in [0.717, 1.165) is 14.0 Å². The number of ketones is 1. The van der Waals surface area contributed by atoms with Crippen LogP contribution >= 0.6 is 0 Å². The topological polar surface area (TPSA) is 69.4 Å². The first-order chi connectivity index (χ1) is 8.18. The summed E-state index contributed by atoms with van der Waals surface area (Å²) in [5, 5.41) is 10.6. The van der Waals surface area contributed by atoms with Gasteiger partial charge in [-0.2, -0.15) is 13.2 Å². The Kier molecular flexibility index (Phi) is 3.59. The maximum Gasteiger partial charge on any atom is 0.423 e. The average Bonchev–Trinajstić information content (AvgIpc) is 2.25. The Bertz CT molecular complexity index is 511. The fraction of sp³-hybridized carbons (Fsp3) is 0.300. The second-order valence-electron chi connectivity index (χ2n) is 3.38. The fourth-order valence-corrected chi connectivity index (χ4v) is 1.39. The highest BCUT2D eigenvalue weighted by Gasteiger charge is 2.39. The van der Waals surface area contributed by atoms with Crippen LogP contribution in [0.25, 0.3) is 0 Å². The van der Waals surface area contributed by atoms with Crippen molar-refractivity contribution in [3.8, 4) is 5.75 Å². The quantitative estimate of drug-likeness (QED) is 0.477. The van der Waals surface area contributed by atoms with Gasteiger partial charge in [-0.25, -0.2) is 0 Å². The van der Waals surface area contributed by atoms with Gasteiger partial charge in [0.05, 0.1) is 23.7 Å². The first-order valence-corrected chi connectivity index (χ1v) is 4.63. The molecule has 0 bridgehead atoms. The van der Waals surface area contributed by atoms with Crippen molar-refractivity contribution in [3.63, 3.8) is 0 Å². The number of nitrogens with zero attached hydrogens (tertiary/aromatic N) is 1. The molecule has 0 aromatic heterocycles. The standard InChI is InChI=1S/C10H8F3NO4/c1-5(15)6-3-7(10(11,12)13)8(14(16)17)4-9(6)18-2/h3-4H,1-2H3. The molecule has 0 amide bonds. The molecule has 18 heavy (non-hydrogen) atoms. The molecule has 0 aliphatic carbocycles. The van der Waals surface area contributed by atoms with Gasteiger partial charge in [-0.1, -0.05) is 0 Å². The third-order valence-electron chi connectivity index (χ3n) is 2.20. The Labute approximate surface area is 99.3 Å². The minimum Gasteiger partial charge on any atom is -0.496 e. The Morgan fingerprint density at radius 2 is 1.94 bits per heavy atom. The van der Waals surface area contributed by atoms with Crippen molar-refractivity contribution in [2.45, 2.75) is 13.1 Å². The van der Waals surface area contributed by atoms with Crippen LogP contribution in [0.4, 0.5) is 18.9 Å². The lowest BCUT2D eigenvalue weighted by molar-refractivity contribution is -0.388. The van der Waals surface area contributed by atoms with E-state index in [1.54, 1.807) is 0 Å². The first-order valence-electron chi connectivity index (χ1n) is 4.63. The number of hydrogen-bond donors (Lipinski definition) is 0. The Morgan fingerprint density at radius 1 is 1.39 bits per heavy atom. The van der Waals surface area contributed by atoms with E-state index in [1.165, 1.54) is 0 Å². The SMILES string of the molecule is COc1cc([N+](=O)[O-])c(C(F)(F)F)cc1C(C)=O. The molecule has 8 heteroatoms. The van der Waals surface area contributed by atoms with Crippen molar-refractivity contribution in [2.24, 2.45) is 0 Å². The van der Waals surface area contributed by atoms with Gasteiger partial charge in [-0.15, -0.1) is 0 Å². The monoisotopic (exact) mass is 263 g/mol. The highest BCUT2D eigenvalue weighted by atomic mass is 19.4. The summed E-state index contributed by atoms with van der Waals surface area (Å²) in [5.41, 5.74) is -2.97. The summed E-state index contributed by atoms with van der Waals surface area (Å²) in [5.74, 6) is -0.936. The van der Waals surface area contributed by atoms with Crippen LogP contribution in [0.1, 0.15) is 22.8 Å². The molecule has 0 saturated heterocycles. The van der Waals surface area contributed by atoms with Crippen LogP contribution in [0.5, 0.6) is 5.75 Å². The lowest BCUT2D eigenvalue weighted by atomic mass is 10.0. The second-order valence-corrected chi connectivity index (χ2v) is 3.38. The van der Waals surface area contributed by atoms with Crippen LogP contribution in [-0.2, 0) is 6.18 Å². The van der Waals surface area contributed by atoms with Crippen molar-refractivity contribution in [2.75, 3.05) is 7.11 Å². The minimum absolute atomic E-state index is 0.262. The Balaban J connectivity index is 3.63. The van der Waals surface area contributed by atoms with Gasteiger partial charge in [-0.3, -0.25) is 14.9 Å². The molecule has 0 spiro atoms. The van der Waals surface area contributed by atoms with Crippen molar-refractivity contribution < 1.29 is 27.6 Å². The van der Waals surface area contributed by atoms with E-state index in [9.17, 15) is 28.1 Å². The van der Waals surface area contributed by atoms with Gasteiger partial charge in [0.25, 0.3) is 5.69 Å². The number of nitro benzene ring substituents is 1. The maximum atomic E-state index is 12.6. The summed E-state index contributed by atoms with van der Waals surface area (Å²) in [6.07, 6.45) is -4.92. The van der Waals surface area contributed by atoms with Crippen LogP contribution in [0.2, 0.25) is 0 Å². The van der Waals surface area contributed by atoms with Crippen molar-refractivity contribution >= 4 is 11.5 Å². The molecule has 0 fully saturated rings. The van der Waals surface area contributed by atoms with Gasteiger partial charge in [0.2, 0.25) is 0 Å². The number of ether oxygens (including phenoxy) is 1. The zero-order chi connectivity index (χ0) is 14.1. The first kappa shape index (κ1) is 13.9. The fourth-order valence-electron chi connectivity index (χ4n) is 1.39. The van der Waals surface area contributed by atoms with E-state index in [1.807, 2.05) is 0 Å². The van der Waals surface area contributed by atoms with Gasteiger partial charge >= 0.3 is 6.18 Å². The summed E-state index contributed by atoms with van der Waals surface area (Å²) in [7, 11) is 1.11. The lowest BCUT2D eigenvalue weighted by Gasteiger charge is -2.11. The third kappa shape index (κ3) is 2.58. The highest BCUT2D eigenvalue weighted by Crippen LogP contribution is 2.39. The molecule has 0 saturated carbocycles. The molecule has 1 aromatic rings. The number of hydrogen-bond acceptors (Lipinski definition) is 4. The van der Waals surface area contributed by atoms with Crippen molar-refractivity contribution in [1.29, 1.82) is 0 Å². The van der Waals surface area contributed by atoms with E-state index in [-0.39, 0.29) is 11.3 Å². The number of alkyl halides is 3. The van der Waals surface area contributed by atoms with Gasteiger partial charge in [0.1, 0.15) is 11.3 Å². The van der Waals surface area contributed by atoms with Crippen molar-refractivity contribution in [3.05, 3.63) is 33.4 Å². The number of halogens is 3. The molecule has 0 aliphatic rings. The molecule has 5 nitrogen and oxygen atoms in total. The lowest BCUT2D eigenvalue weighted by Crippen LogP contribution is -2.11. The molecular formula is C10H8F3NO4. The number of rotatable bonds is 3. The number of Topliss-reactive ketones (excluding diaryl/α,β-unsaturated/α-hetero) is 1. The molecule has 0 aliphatic heterocycles. The predicted octanol–water partition coefficient (Wildman–Crippen LogP) is 2.82. The number of carbonyl (C=O) groups is 1. The van der Waals surface area contributed by atoms with Gasteiger partial charge < -0.3 is 4.74 Å². The summed E-state index contributed by atoms with van der Waals surface area (Å²) in [6.45, 7) is 1.05. The summed E-state index contributed by atoms with van der Waals surface area (Å²) in [4.78, 5) is 20.6. The minimum atomic E-state index is -4.92. The number of benzene rings is 1. The van der Waals surface area contributed by atoms with Crippen LogP contribution in [0, 0.1) is 10.1 Å². The molecule has 1 aromatic carbocycles. The van der Waals surface area contributed by atoms with Crippen LogP contribution in [0.3, 0.4) is 0 Å². The molecule has 0 heterocycles. The maximum absolute atomic E-state index is 12.6. The molecule has 0 atom stereocenters. The van der Waals surface area contributed by atoms with E-state index in [0.29, 0.717) is 12.1 Å². The molecule has 1 rings (SSSR count). The van der Waals surface area contributed by atoms with Crippen LogP contribution in [0.15, 0.2) is 12.1 Å². The van der Waals surface area contributed by atoms with Gasteiger partial charge in [-0.05, 0) is 13.0 Å². The van der Waals surface area contributed by atoms with E-state index in [2.05, 4.69) is 4.74 Å². The molecule has 98 valence electrons. The Hall–Kier alpha value is -2.12. The normalized spacial score (nSPS) is 11.2. The van der Waals surface area contributed by atoms with Gasteiger partial charge in [0.15, 0.2) is 5.78 Å². The van der Waals surface area contributed by atoms with E-state index in [4.69, 9.17) is 0 Å². The van der Waals surface area contributed by atoms with Crippen molar-refractivity contribution in [1.82, 2.24) is 0 Å². The molecule has 0 N–H and O–H groups in total. The largest absolute Gasteiger partial charge is 0.496 e. The third-order valence-corrected chi connectivity index (χ3v) is 2.20. The summed E-state index contributed by atoms with van der Waals surface area (Å²) < 4.78 is 42.6. The predicted molar refractivity (Wildman–Crippen MR) is 54.7 cm³/mol. The van der Waals surface area contributed by atoms with Gasteiger partial charge in [0, 0.05) is 0 Å². The number of carbonyl (C=O) groups excluding carboxylic acids is 1. The summed E-state index contributed by atoms with van der Waals surface area (Å²) in [6, 6.07) is 1.03.